The van der Waals surface area contributed by atoms with Gasteiger partial charge in [0.1, 0.15) is 17.2 Å². The van der Waals surface area contributed by atoms with Gasteiger partial charge in [-0.2, -0.15) is 0 Å². The van der Waals surface area contributed by atoms with Gasteiger partial charge in [-0.25, -0.2) is 14.4 Å². The molecule has 0 radical (unpaired) electrons. The second-order valence-corrected chi connectivity index (χ2v) is 7.20. The fourth-order valence-electron chi connectivity index (χ4n) is 3.56. The molecule has 0 bridgehead atoms. The zero-order valence-corrected chi connectivity index (χ0v) is 16.3. The van der Waals surface area contributed by atoms with Gasteiger partial charge < -0.3 is 10.5 Å². The molecule has 0 fully saturated rings. The van der Waals surface area contributed by atoms with Gasteiger partial charge in [-0.3, -0.25) is 4.98 Å². The fourth-order valence-corrected chi connectivity index (χ4v) is 3.96. The second-order valence-electron chi connectivity index (χ2n) is 6.28. The van der Waals surface area contributed by atoms with E-state index in [-0.39, 0.29) is 11.6 Å². The topological polar surface area (TPSA) is 73.4 Å². The Labute approximate surface area is 164 Å². The lowest BCUT2D eigenvalue weighted by Gasteiger charge is -2.28. The molecule has 0 saturated heterocycles. The SMILES string of the molecule is COc1c(C)cc(C2(c3cccc(Br)c3)N=C(N)c3nccnc32)cc1F. The molecule has 27 heavy (non-hydrogen) atoms. The third-order valence-electron chi connectivity index (χ3n) is 4.67. The molecule has 5 nitrogen and oxygen atoms in total. The predicted molar refractivity (Wildman–Crippen MR) is 104 cm³/mol. The van der Waals surface area contributed by atoms with Crippen molar-refractivity contribution in [3.8, 4) is 5.75 Å². The fraction of sp³-hybridized carbons (Fsp3) is 0.150. The van der Waals surface area contributed by atoms with Crippen LogP contribution in [0.25, 0.3) is 0 Å². The smallest absolute Gasteiger partial charge is 0.165 e. The van der Waals surface area contributed by atoms with Crippen LogP contribution in [0.1, 0.15) is 28.1 Å². The number of hydrogen-bond acceptors (Lipinski definition) is 5. The molecule has 3 aromatic rings. The van der Waals surface area contributed by atoms with Crippen molar-refractivity contribution in [1.29, 1.82) is 0 Å². The molecule has 1 unspecified atom stereocenters. The number of nitrogens with zero attached hydrogens (tertiary/aromatic N) is 3. The Bertz CT molecular complexity index is 1060. The lowest BCUT2D eigenvalue weighted by molar-refractivity contribution is 0.382. The number of hydrogen-bond donors (Lipinski definition) is 1. The number of fused-ring (bicyclic) bond motifs is 1. The number of rotatable bonds is 3. The van der Waals surface area contributed by atoms with Crippen molar-refractivity contribution in [1.82, 2.24) is 9.97 Å². The summed E-state index contributed by atoms with van der Waals surface area (Å²) in [5, 5.41) is 0. The van der Waals surface area contributed by atoms with Crippen molar-refractivity contribution in [2.45, 2.75) is 12.5 Å². The van der Waals surface area contributed by atoms with E-state index >= 15 is 0 Å². The van der Waals surface area contributed by atoms with Crippen LogP contribution in [0, 0.1) is 12.7 Å². The maximum absolute atomic E-state index is 14.8. The molecule has 2 N–H and O–H groups in total. The number of nitrogens with two attached hydrogens (primary N) is 1. The Morgan fingerprint density at radius 3 is 2.59 bits per heavy atom. The average Bonchev–Trinajstić information content (AvgIpc) is 2.96. The highest BCUT2D eigenvalue weighted by molar-refractivity contribution is 9.10. The highest BCUT2D eigenvalue weighted by atomic mass is 79.9. The van der Waals surface area contributed by atoms with Gasteiger partial charge >= 0.3 is 0 Å². The van der Waals surface area contributed by atoms with Gasteiger partial charge in [0.15, 0.2) is 17.1 Å². The Balaban J connectivity index is 2.09. The largest absolute Gasteiger partial charge is 0.493 e. The molecule has 1 atom stereocenters. The maximum atomic E-state index is 14.8. The van der Waals surface area contributed by atoms with Gasteiger partial charge in [0.25, 0.3) is 0 Å². The Morgan fingerprint density at radius 2 is 1.89 bits per heavy atom. The summed E-state index contributed by atoms with van der Waals surface area (Å²) in [5.41, 5.74) is 8.25. The van der Waals surface area contributed by atoms with E-state index in [4.69, 9.17) is 15.5 Å². The zero-order chi connectivity index (χ0) is 19.2. The van der Waals surface area contributed by atoms with E-state index in [2.05, 4.69) is 25.9 Å². The van der Waals surface area contributed by atoms with E-state index in [1.165, 1.54) is 13.2 Å². The van der Waals surface area contributed by atoms with E-state index in [1.54, 1.807) is 19.3 Å². The molecule has 0 aliphatic carbocycles. The quantitative estimate of drug-likeness (QED) is 0.692. The van der Waals surface area contributed by atoms with Crippen molar-refractivity contribution in [2.24, 2.45) is 10.7 Å². The number of ether oxygens (including phenoxy) is 1. The molecule has 7 heteroatoms. The number of aliphatic imine (C=N–C) groups is 1. The third kappa shape index (κ3) is 2.61. The van der Waals surface area contributed by atoms with Gasteiger partial charge in [0.05, 0.1) is 7.11 Å². The minimum Gasteiger partial charge on any atom is -0.493 e. The van der Waals surface area contributed by atoms with Gasteiger partial charge in [0, 0.05) is 16.9 Å². The van der Waals surface area contributed by atoms with Crippen LogP contribution in [-0.2, 0) is 5.54 Å². The Kier molecular flexibility index (Phi) is 4.19. The number of aromatic nitrogens is 2. The van der Waals surface area contributed by atoms with Crippen molar-refractivity contribution in [2.75, 3.05) is 7.11 Å². The summed E-state index contributed by atoms with van der Waals surface area (Å²) < 4.78 is 20.8. The van der Waals surface area contributed by atoms with Crippen LogP contribution in [0.3, 0.4) is 0 Å². The first-order chi connectivity index (χ1) is 13.0. The molecule has 1 aromatic heterocycles. The van der Waals surface area contributed by atoms with Gasteiger partial charge in [-0.1, -0.05) is 28.1 Å². The minimum atomic E-state index is -1.09. The van der Waals surface area contributed by atoms with E-state index in [9.17, 15) is 4.39 Å². The molecule has 1 aliphatic heterocycles. The molecule has 4 rings (SSSR count). The molecular formula is C20H16BrFN4O. The highest BCUT2D eigenvalue weighted by Crippen LogP contribution is 2.46. The number of halogens is 2. The zero-order valence-electron chi connectivity index (χ0n) is 14.7. The lowest BCUT2D eigenvalue weighted by atomic mass is 9.80. The highest BCUT2D eigenvalue weighted by Gasteiger charge is 2.45. The molecule has 1 aliphatic rings. The van der Waals surface area contributed by atoms with E-state index in [0.29, 0.717) is 22.5 Å². The molecular weight excluding hydrogens is 411 g/mol. The number of amidine groups is 1. The number of aryl methyl sites for hydroxylation is 1. The first-order valence-electron chi connectivity index (χ1n) is 8.25. The molecule has 136 valence electrons. The van der Waals surface area contributed by atoms with Crippen molar-refractivity contribution in [3.05, 3.63) is 87.2 Å². The van der Waals surface area contributed by atoms with Crippen LogP contribution in [0.5, 0.6) is 5.75 Å². The summed E-state index contributed by atoms with van der Waals surface area (Å²) in [6.07, 6.45) is 3.16. The Hall–Kier alpha value is -2.80. The average molecular weight is 427 g/mol. The molecule has 0 saturated carbocycles. The summed E-state index contributed by atoms with van der Waals surface area (Å²) >= 11 is 3.50. The van der Waals surface area contributed by atoms with Crippen LogP contribution in [0.15, 0.2) is 58.3 Å². The minimum absolute atomic E-state index is 0.206. The van der Waals surface area contributed by atoms with Crippen LogP contribution in [-0.4, -0.2) is 22.9 Å². The van der Waals surface area contributed by atoms with Crippen LogP contribution in [0.2, 0.25) is 0 Å². The molecule has 2 aromatic carbocycles. The summed E-state index contributed by atoms with van der Waals surface area (Å²) in [5.74, 6) is 0.0115. The lowest BCUT2D eigenvalue weighted by Crippen LogP contribution is -2.27. The maximum Gasteiger partial charge on any atom is 0.165 e. The standard InChI is InChI=1S/C20H16BrFN4O/c1-11-8-13(10-15(22)17(11)27-2)20(12-4-3-5-14(21)9-12)18-16(19(23)26-20)24-6-7-25-18/h3-10H,1-2H3,(H2,23,26). The predicted octanol–water partition coefficient (Wildman–Crippen LogP) is 3.71. The summed E-state index contributed by atoms with van der Waals surface area (Å²) in [6, 6.07) is 10.9. The van der Waals surface area contributed by atoms with Gasteiger partial charge in [-0.05, 0) is 47.9 Å². The van der Waals surface area contributed by atoms with Gasteiger partial charge in [0.2, 0.25) is 0 Å². The monoisotopic (exact) mass is 426 g/mol. The van der Waals surface area contributed by atoms with E-state index < -0.39 is 11.4 Å². The Morgan fingerprint density at radius 1 is 1.11 bits per heavy atom. The molecule has 0 spiro atoms. The van der Waals surface area contributed by atoms with E-state index in [1.807, 2.05) is 30.3 Å². The van der Waals surface area contributed by atoms with Crippen molar-refractivity contribution < 1.29 is 9.13 Å². The first kappa shape index (κ1) is 17.6. The van der Waals surface area contributed by atoms with Crippen LogP contribution < -0.4 is 10.5 Å². The summed E-state index contributed by atoms with van der Waals surface area (Å²) in [4.78, 5) is 13.6. The molecule has 2 heterocycles. The summed E-state index contributed by atoms with van der Waals surface area (Å²) in [6.45, 7) is 1.79. The summed E-state index contributed by atoms with van der Waals surface area (Å²) in [7, 11) is 1.45. The van der Waals surface area contributed by atoms with Crippen molar-refractivity contribution in [3.63, 3.8) is 0 Å². The van der Waals surface area contributed by atoms with Gasteiger partial charge in [-0.15, -0.1) is 0 Å². The third-order valence-corrected chi connectivity index (χ3v) is 5.16. The number of benzene rings is 2. The van der Waals surface area contributed by atoms with Crippen LogP contribution in [0.4, 0.5) is 4.39 Å². The van der Waals surface area contributed by atoms with E-state index in [0.717, 1.165) is 10.0 Å². The van der Waals surface area contributed by atoms with Crippen molar-refractivity contribution >= 4 is 21.8 Å². The second kappa shape index (κ2) is 6.42. The molecule has 0 amide bonds. The first-order valence-corrected chi connectivity index (χ1v) is 9.04. The van der Waals surface area contributed by atoms with Crippen LogP contribution >= 0.6 is 15.9 Å². The number of methoxy groups -OCH3 is 1. The normalized spacial score (nSPS) is 18.1.